The van der Waals surface area contributed by atoms with Crippen molar-refractivity contribution < 1.29 is 23.9 Å². The van der Waals surface area contributed by atoms with Gasteiger partial charge in [-0.15, -0.1) is 0 Å². The van der Waals surface area contributed by atoms with E-state index in [0.717, 1.165) is 36.8 Å². The molecule has 166 valence electrons. The summed E-state index contributed by atoms with van der Waals surface area (Å²) in [4.78, 5) is 51.5. The molecule has 1 N–H and O–H groups in total. The largest absolute Gasteiger partial charge is 0.452 e. The molecule has 1 heterocycles. The van der Waals surface area contributed by atoms with Gasteiger partial charge in [0.1, 0.15) is 0 Å². The van der Waals surface area contributed by atoms with E-state index in [1.54, 1.807) is 18.2 Å². The Balaban J connectivity index is 1.41. The second-order valence-corrected chi connectivity index (χ2v) is 8.50. The Morgan fingerprint density at radius 1 is 1.00 bits per heavy atom. The number of benzene rings is 2. The normalized spacial score (nSPS) is 20.1. The van der Waals surface area contributed by atoms with Crippen LogP contribution in [0.5, 0.6) is 0 Å². The number of ether oxygens (including phenoxy) is 1. The number of esters is 1. The lowest BCUT2D eigenvalue weighted by atomic mass is 9.81. The van der Waals surface area contributed by atoms with Crippen LogP contribution in [0.1, 0.15) is 47.2 Å². The monoisotopic (exact) mass is 434 g/mol. The van der Waals surface area contributed by atoms with E-state index in [-0.39, 0.29) is 29.2 Å². The Labute approximate surface area is 186 Å². The fourth-order valence-electron chi connectivity index (χ4n) is 4.54. The molecule has 0 aromatic heterocycles. The second-order valence-electron chi connectivity index (χ2n) is 8.50. The van der Waals surface area contributed by atoms with Crippen LogP contribution in [-0.2, 0) is 19.1 Å². The molecule has 1 aliphatic carbocycles. The van der Waals surface area contributed by atoms with Crippen LogP contribution in [0.15, 0.2) is 42.5 Å². The smallest absolute Gasteiger partial charge is 0.338 e. The molecule has 2 aromatic rings. The highest BCUT2D eigenvalue weighted by atomic mass is 16.5. The third-order valence-electron chi connectivity index (χ3n) is 6.17. The van der Waals surface area contributed by atoms with Crippen LogP contribution in [0.3, 0.4) is 0 Å². The molecule has 0 bridgehead atoms. The average molecular weight is 434 g/mol. The standard InChI is InChI=1S/C25H26N2O5/c1-15-10-11-21(16(2)12-15)26-22(28)14-32-25(31)17-6-5-7-18(13-17)27-23(29)19-8-3-4-9-20(19)24(27)30/h5-7,10-13,19-20H,3-4,8-9,14H2,1-2H3,(H,26,28)/t19-,20-/m0/s1. The van der Waals surface area contributed by atoms with Gasteiger partial charge in [-0.25, -0.2) is 4.79 Å². The van der Waals surface area contributed by atoms with E-state index in [9.17, 15) is 19.2 Å². The maximum absolute atomic E-state index is 12.8. The lowest BCUT2D eigenvalue weighted by Crippen LogP contribution is -2.31. The van der Waals surface area contributed by atoms with Crippen LogP contribution in [-0.4, -0.2) is 30.3 Å². The molecule has 32 heavy (non-hydrogen) atoms. The third-order valence-corrected chi connectivity index (χ3v) is 6.17. The van der Waals surface area contributed by atoms with Crippen LogP contribution in [0.25, 0.3) is 0 Å². The van der Waals surface area contributed by atoms with Crippen molar-refractivity contribution in [3.05, 3.63) is 59.2 Å². The van der Waals surface area contributed by atoms with Gasteiger partial charge in [-0.05, 0) is 56.5 Å². The van der Waals surface area contributed by atoms with Gasteiger partial charge >= 0.3 is 5.97 Å². The summed E-state index contributed by atoms with van der Waals surface area (Å²) in [6.07, 6.45) is 3.35. The number of aryl methyl sites for hydroxylation is 2. The van der Waals surface area contributed by atoms with Gasteiger partial charge in [0.05, 0.1) is 23.1 Å². The van der Waals surface area contributed by atoms with Gasteiger partial charge in [-0.3, -0.25) is 19.3 Å². The first-order chi connectivity index (χ1) is 15.3. The van der Waals surface area contributed by atoms with E-state index in [0.29, 0.717) is 11.4 Å². The Kier molecular flexibility index (Phi) is 6.08. The fraction of sp³-hybridized carbons (Fsp3) is 0.360. The van der Waals surface area contributed by atoms with Crippen molar-refractivity contribution in [2.45, 2.75) is 39.5 Å². The topological polar surface area (TPSA) is 92.8 Å². The van der Waals surface area contributed by atoms with Crippen molar-refractivity contribution in [2.24, 2.45) is 11.8 Å². The summed E-state index contributed by atoms with van der Waals surface area (Å²) < 4.78 is 5.15. The number of hydrogen-bond acceptors (Lipinski definition) is 5. The molecule has 1 saturated carbocycles. The van der Waals surface area contributed by atoms with Crippen molar-refractivity contribution >= 4 is 35.1 Å². The van der Waals surface area contributed by atoms with Crippen molar-refractivity contribution in [3.63, 3.8) is 0 Å². The number of amides is 3. The Hall–Kier alpha value is -3.48. The highest BCUT2D eigenvalue weighted by Gasteiger charge is 2.48. The molecule has 2 atom stereocenters. The van der Waals surface area contributed by atoms with Crippen molar-refractivity contribution in [3.8, 4) is 0 Å². The number of carbonyl (C=O) groups excluding carboxylic acids is 4. The average Bonchev–Trinajstić information content (AvgIpc) is 3.04. The van der Waals surface area contributed by atoms with E-state index in [4.69, 9.17) is 4.74 Å². The minimum absolute atomic E-state index is 0.178. The number of fused-ring (bicyclic) bond motifs is 1. The Morgan fingerprint density at radius 2 is 1.69 bits per heavy atom. The molecule has 3 amide bonds. The predicted molar refractivity (Wildman–Crippen MR) is 119 cm³/mol. The molecule has 1 saturated heterocycles. The number of imide groups is 1. The number of hydrogen-bond donors (Lipinski definition) is 1. The van der Waals surface area contributed by atoms with Crippen molar-refractivity contribution in [2.75, 3.05) is 16.8 Å². The number of anilines is 2. The van der Waals surface area contributed by atoms with Crippen molar-refractivity contribution in [1.82, 2.24) is 0 Å². The van der Waals surface area contributed by atoms with E-state index < -0.39 is 18.5 Å². The predicted octanol–water partition coefficient (Wildman–Crippen LogP) is 3.78. The number of carbonyl (C=O) groups is 4. The quantitative estimate of drug-likeness (QED) is 0.571. The van der Waals surface area contributed by atoms with E-state index >= 15 is 0 Å². The third kappa shape index (κ3) is 4.28. The molecule has 1 aliphatic heterocycles. The summed E-state index contributed by atoms with van der Waals surface area (Å²) in [5.41, 5.74) is 3.20. The first kappa shape index (κ1) is 21.7. The van der Waals surface area contributed by atoms with Gasteiger partial charge in [-0.2, -0.15) is 0 Å². The molecule has 7 nitrogen and oxygen atoms in total. The zero-order valence-corrected chi connectivity index (χ0v) is 18.2. The molecule has 0 spiro atoms. The summed E-state index contributed by atoms with van der Waals surface area (Å²) >= 11 is 0. The van der Waals surface area contributed by atoms with E-state index in [1.807, 2.05) is 26.0 Å². The molecule has 4 rings (SSSR count). The minimum Gasteiger partial charge on any atom is -0.452 e. The maximum atomic E-state index is 12.8. The number of rotatable bonds is 5. The second kappa shape index (κ2) is 8.94. The minimum atomic E-state index is -0.695. The first-order valence-electron chi connectivity index (χ1n) is 10.9. The number of nitrogens with one attached hydrogen (secondary N) is 1. The van der Waals surface area contributed by atoms with Gasteiger partial charge in [-0.1, -0.05) is 36.6 Å². The molecular weight excluding hydrogens is 408 g/mol. The molecule has 2 aromatic carbocycles. The maximum Gasteiger partial charge on any atom is 0.338 e. The summed E-state index contributed by atoms with van der Waals surface area (Å²) in [5.74, 6) is -2.06. The zero-order valence-electron chi connectivity index (χ0n) is 18.2. The van der Waals surface area contributed by atoms with Crippen LogP contribution in [0, 0.1) is 25.7 Å². The highest BCUT2D eigenvalue weighted by molar-refractivity contribution is 6.22. The van der Waals surface area contributed by atoms with E-state index in [2.05, 4.69) is 5.32 Å². The highest BCUT2D eigenvalue weighted by Crippen LogP contribution is 2.40. The van der Waals surface area contributed by atoms with Crippen LogP contribution in [0.2, 0.25) is 0 Å². The van der Waals surface area contributed by atoms with Gasteiger partial charge in [0, 0.05) is 5.69 Å². The van der Waals surface area contributed by atoms with Gasteiger partial charge < -0.3 is 10.1 Å². The number of nitrogens with zero attached hydrogens (tertiary/aromatic N) is 1. The fourth-order valence-corrected chi connectivity index (χ4v) is 4.54. The molecule has 2 fully saturated rings. The van der Waals surface area contributed by atoms with Crippen LogP contribution < -0.4 is 10.2 Å². The van der Waals surface area contributed by atoms with Gasteiger partial charge in [0.2, 0.25) is 11.8 Å². The molecule has 7 heteroatoms. The lowest BCUT2D eigenvalue weighted by Gasteiger charge is -2.19. The molecule has 2 aliphatic rings. The molecule has 0 radical (unpaired) electrons. The summed E-state index contributed by atoms with van der Waals surface area (Å²) in [5, 5.41) is 2.73. The first-order valence-corrected chi connectivity index (χ1v) is 10.9. The zero-order chi connectivity index (χ0) is 22.8. The molecule has 0 unspecified atom stereocenters. The van der Waals surface area contributed by atoms with Crippen LogP contribution >= 0.6 is 0 Å². The van der Waals surface area contributed by atoms with Crippen molar-refractivity contribution in [1.29, 1.82) is 0 Å². The van der Waals surface area contributed by atoms with Crippen LogP contribution in [0.4, 0.5) is 11.4 Å². The Bertz CT molecular complexity index is 1070. The Morgan fingerprint density at radius 3 is 2.34 bits per heavy atom. The molecular formula is C25H26N2O5. The summed E-state index contributed by atoms with van der Waals surface area (Å²) in [7, 11) is 0. The van der Waals surface area contributed by atoms with Gasteiger partial charge in [0.15, 0.2) is 6.61 Å². The summed E-state index contributed by atoms with van der Waals surface area (Å²) in [6.45, 7) is 3.41. The van der Waals surface area contributed by atoms with E-state index in [1.165, 1.54) is 17.0 Å². The summed E-state index contributed by atoms with van der Waals surface area (Å²) in [6, 6.07) is 11.9. The van der Waals surface area contributed by atoms with Gasteiger partial charge in [0.25, 0.3) is 5.91 Å². The lowest BCUT2D eigenvalue weighted by molar-refractivity contribution is -0.122. The SMILES string of the molecule is Cc1ccc(NC(=O)COC(=O)c2cccc(N3C(=O)[C@H]4CCCC[C@@H]4C3=O)c2)c(C)c1.